The number of benzene rings is 3. The smallest absolute Gasteiger partial charge is 0.323 e. The zero-order chi connectivity index (χ0) is 29.8. The lowest BCUT2D eigenvalue weighted by molar-refractivity contribution is 0.0343. The van der Waals surface area contributed by atoms with Gasteiger partial charge in [-0.05, 0) is 68.1 Å². The van der Waals surface area contributed by atoms with E-state index in [1.807, 2.05) is 32.2 Å². The minimum Gasteiger partial charge on any atom is -0.486 e. The Labute approximate surface area is 244 Å². The summed E-state index contributed by atoms with van der Waals surface area (Å²) in [5.74, 6) is 0.862. The van der Waals surface area contributed by atoms with Crippen LogP contribution < -0.4 is 24.8 Å². The van der Waals surface area contributed by atoms with Gasteiger partial charge in [0, 0.05) is 31.2 Å². The van der Waals surface area contributed by atoms with Crippen molar-refractivity contribution in [3.8, 4) is 17.2 Å². The summed E-state index contributed by atoms with van der Waals surface area (Å²) in [5.41, 5.74) is 2.05. The van der Waals surface area contributed by atoms with E-state index in [4.69, 9.17) is 14.2 Å². The molecule has 3 amide bonds. The number of hydrogen-bond acceptors (Lipinski definition) is 7. The van der Waals surface area contributed by atoms with E-state index in [0.717, 1.165) is 11.3 Å². The molecule has 2 aliphatic rings. The van der Waals surface area contributed by atoms with E-state index >= 15 is 0 Å². The molecule has 0 aliphatic carbocycles. The van der Waals surface area contributed by atoms with E-state index < -0.39 is 17.9 Å². The Morgan fingerprint density at radius 1 is 1.12 bits per heavy atom. The lowest BCUT2D eigenvalue weighted by Gasteiger charge is -2.38. The Kier molecular flexibility index (Phi) is 8.79. The van der Waals surface area contributed by atoms with Crippen molar-refractivity contribution < 1.29 is 33.3 Å². The predicted molar refractivity (Wildman–Crippen MR) is 156 cm³/mol. The Morgan fingerprint density at radius 3 is 2.64 bits per heavy atom. The van der Waals surface area contributed by atoms with Gasteiger partial charge in [0.1, 0.15) is 11.9 Å². The minimum absolute atomic E-state index is 0.114. The molecule has 3 N–H and O–H groups in total. The average Bonchev–Trinajstić information content (AvgIpc) is 3.44. The van der Waals surface area contributed by atoms with Gasteiger partial charge in [-0.3, -0.25) is 9.69 Å². The largest absolute Gasteiger partial charge is 0.486 e. The first kappa shape index (κ1) is 29.2. The van der Waals surface area contributed by atoms with E-state index in [9.17, 15) is 19.1 Å². The van der Waals surface area contributed by atoms with Gasteiger partial charge >= 0.3 is 6.03 Å². The van der Waals surface area contributed by atoms with Gasteiger partial charge in [0.15, 0.2) is 17.2 Å². The molecule has 3 atom stereocenters. The van der Waals surface area contributed by atoms with Gasteiger partial charge in [-0.25, -0.2) is 9.18 Å². The summed E-state index contributed by atoms with van der Waals surface area (Å²) in [6, 6.07) is 15.2. The van der Waals surface area contributed by atoms with Crippen LogP contribution in [0.5, 0.6) is 17.2 Å². The molecule has 0 spiro atoms. The maximum Gasteiger partial charge on any atom is 0.323 e. The summed E-state index contributed by atoms with van der Waals surface area (Å²) in [4.78, 5) is 30.4. The Balaban J connectivity index is 1.40. The third-order valence-corrected chi connectivity index (χ3v) is 7.42. The van der Waals surface area contributed by atoms with Gasteiger partial charge in [0.2, 0.25) is 6.79 Å². The zero-order valence-corrected chi connectivity index (χ0v) is 23.8. The average molecular weight is 579 g/mol. The molecule has 0 radical (unpaired) electrons. The summed E-state index contributed by atoms with van der Waals surface area (Å²) >= 11 is 0. The molecular formula is C31H35FN4O6. The molecule has 0 bridgehead atoms. The first-order valence-corrected chi connectivity index (χ1v) is 13.8. The molecule has 0 saturated heterocycles. The lowest BCUT2D eigenvalue weighted by Crippen LogP contribution is -2.49. The monoisotopic (exact) mass is 578 g/mol. The Hall–Kier alpha value is -4.35. The van der Waals surface area contributed by atoms with Crippen LogP contribution in [0.4, 0.5) is 20.6 Å². The highest BCUT2D eigenvalue weighted by Crippen LogP contribution is 2.36. The van der Waals surface area contributed by atoms with Gasteiger partial charge in [0.05, 0.1) is 23.9 Å². The van der Waals surface area contributed by atoms with Crippen LogP contribution >= 0.6 is 0 Å². The quantitative estimate of drug-likeness (QED) is 0.360. The van der Waals surface area contributed by atoms with Gasteiger partial charge in [-0.1, -0.05) is 19.1 Å². The molecule has 2 aliphatic heterocycles. The summed E-state index contributed by atoms with van der Waals surface area (Å²) in [7, 11) is 1.99. The number of fused-ring (bicyclic) bond motifs is 2. The Bertz CT molecular complexity index is 1440. The van der Waals surface area contributed by atoms with Crippen molar-refractivity contribution in [1.29, 1.82) is 0 Å². The van der Waals surface area contributed by atoms with E-state index in [1.165, 1.54) is 24.3 Å². The number of carbonyl (C=O) groups is 2. The van der Waals surface area contributed by atoms with Crippen molar-refractivity contribution >= 4 is 23.3 Å². The van der Waals surface area contributed by atoms with Crippen molar-refractivity contribution in [3.05, 3.63) is 77.6 Å². The van der Waals surface area contributed by atoms with Crippen LogP contribution in [0.1, 0.15) is 29.8 Å². The second-order valence-electron chi connectivity index (χ2n) is 10.8. The number of amides is 3. The van der Waals surface area contributed by atoms with E-state index in [0.29, 0.717) is 36.8 Å². The molecule has 42 heavy (non-hydrogen) atoms. The number of likely N-dealkylation sites (N-methyl/N-ethyl adjacent to an activating group) is 1. The van der Waals surface area contributed by atoms with Crippen molar-refractivity contribution in [2.45, 2.75) is 32.5 Å². The number of anilines is 2. The first-order valence-electron chi connectivity index (χ1n) is 13.8. The molecule has 222 valence electrons. The van der Waals surface area contributed by atoms with Crippen LogP contribution in [0.15, 0.2) is 60.7 Å². The predicted octanol–water partition coefficient (Wildman–Crippen LogP) is 4.55. The maximum absolute atomic E-state index is 13.7. The molecule has 2 heterocycles. The van der Waals surface area contributed by atoms with E-state index in [-0.39, 0.29) is 42.6 Å². The van der Waals surface area contributed by atoms with Crippen LogP contribution in [0.2, 0.25) is 0 Å². The number of rotatable bonds is 8. The van der Waals surface area contributed by atoms with Crippen molar-refractivity contribution in [3.63, 3.8) is 0 Å². The normalized spacial score (nSPS) is 18.5. The van der Waals surface area contributed by atoms with Crippen molar-refractivity contribution in [2.24, 2.45) is 5.92 Å². The number of hydrogen-bond donors (Lipinski definition) is 3. The Morgan fingerprint density at radius 2 is 1.88 bits per heavy atom. The second-order valence-corrected chi connectivity index (χ2v) is 10.8. The van der Waals surface area contributed by atoms with Crippen LogP contribution in [0, 0.1) is 11.7 Å². The molecule has 0 fully saturated rings. The third-order valence-electron chi connectivity index (χ3n) is 7.42. The highest BCUT2D eigenvalue weighted by atomic mass is 19.1. The molecular weight excluding hydrogens is 543 g/mol. The minimum atomic E-state index is -0.571. The van der Waals surface area contributed by atoms with E-state index in [1.54, 1.807) is 30.0 Å². The summed E-state index contributed by atoms with van der Waals surface area (Å²) in [6.07, 6.45) is -0.368. The standard InChI is InChI=1S/C31H35FN4O6/c1-19-14-36(20(2)17-37)30(38)24-5-4-6-25(34-31(39)33-23-10-8-22(32)9-11-23)29(24)42-28(19)16-35(3)15-21-7-12-26-27(13-21)41-18-40-26/h4-13,19-20,28,37H,14-18H2,1-3H3,(H2,33,34,39)/t19-,20-,28-/m1/s1. The molecule has 11 heteroatoms. The van der Waals surface area contributed by atoms with E-state index in [2.05, 4.69) is 15.5 Å². The number of carbonyl (C=O) groups excluding carboxylic acids is 2. The van der Waals surface area contributed by atoms with Crippen molar-refractivity contribution in [2.75, 3.05) is 44.2 Å². The molecule has 0 saturated carbocycles. The third kappa shape index (κ3) is 6.58. The van der Waals surface area contributed by atoms with Gasteiger partial charge in [-0.2, -0.15) is 0 Å². The fourth-order valence-corrected chi connectivity index (χ4v) is 5.10. The number of ether oxygens (including phenoxy) is 3. The SMILES string of the molecule is C[C@@H]1CN([C@H](C)CO)C(=O)c2cccc(NC(=O)Nc3ccc(F)cc3)c2O[C@@H]1CN(C)Cc1ccc2c(c1)OCO2. The summed E-state index contributed by atoms with van der Waals surface area (Å²) in [6.45, 7) is 5.33. The summed E-state index contributed by atoms with van der Waals surface area (Å²) < 4.78 is 30.8. The second kappa shape index (κ2) is 12.7. The van der Waals surface area contributed by atoms with Crippen LogP contribution in [-0.2, 0) is 6.54 Å². The molecule has 10 nitrogen and oxygen atoms in total. The molecule has 3 aromatic carbocycles. The molecule has 0 aromatic heterocycles. The van der Waals surface area contributed by atoms with Gasteiger partial charge in [-0.15, -0.1) is 0 Å². The number of nitrogens with one attached hydrogen (secondary N) is 2. The molecule has 5 rings (SSSR count). The number of aliphatic hydroxyl groups is 1. The maximum atomic E-state index is 13.7. The molecule has 0 unspecified atom stereocenters. The van der Waals surface area contributed by atoms with Gasteiger partial charge in [0.25, 0.3) is 5.91 Å². The fraction of sp³-hybridized carbons (Fsp3) is 0.355. The van der Waals surface area contributed by atoms with Gasteiger partial charge < -0.3 is 34.9 Å². The number of para-hydroxylation sites is 1. The number of aliphatic hydroxyl groups excluding tert-OH is 1. The zero-order valence-electron chi connectivity index (χ0n) is 23.8. The highest BCUT2D eigenvalue weighted by molar-refractivity contribution is 6.04. The first-order chi connectivity index (χ1) is 20.2. The van der Waals surface area contributed by atoms with Crippen molar-refractivity contribution in [1.82, 2.24) is 9.80 Å². The van der Waals surface area contributed by atoms with Crippen LogP contribution in [-0.4, -0.2) is 72.5 Å². The number of nitrogens with zero attached hydrogens (tertiary/aromatic N) is 2. The topological polar surface area (TPSA) is 113 Å². The molecule has 3 aromatic rings. The lowest BCUT2D eigenvalue weighted by atomic mass is 9.99. The summed E-state index contributed by atoms with van der Waals surface area (Å²) in [5, 5.41) is 15.4. The number of halogens is 1. The van der Waals surface area contributed by atoms with Crippen LogP contribution in [0.3, 0.4) is 0 Å². The van der Waals surface area contributed by atoms with Crippen LogP contribution in [0.25, 0.3) is 0 Å². The number of urea groups is 1. The fourth-order valence-electron chi connectivity index (χ4n) is 5.10. The highest BCUT2D eigenvalue weighted by Gasteiger charge is 2.34.